The molecule has 0 aliphatic rings. The molecule has 0 amide bonds. The summed E-state index contributed by atoms with van der Waals surface area (Å²) in [6, 6.07) is 0. The first kappa shape index (κ1) is 29.3. The molecule has 3 radical (unpaired) electrons. The van der Waals surface area contributed by atoms with E-state index in [0.717, 1.165) is 0 Å². The Balaban J connectivity index is 0. The van der Waals surface area contributed by atoms with E-state index in [2.05, 4.69) is 0 Å². The molecule has 17 valence electrons. The van der Waals surface area contributed by atoms with Crippen molar-refractivity contribution in [2.45, 2.75) is 0 Å². The fraction of sp³-hybridized carbons (Fsp3) is 0. The summed E-state index contributed by atoms with van der Waals surface area (Å²) in [5.74, 6) is 0. The van der Waals surface area contributed by atoms with Gasteiger partial charge in [-0.2, -0.15) is 0 Å². The molecule has 4 heteroatoms. The fourth-order valence-electron chi connectivity index (χ4n) is 0. The van der Waals surface area contributed by atoms with E-state index in [-0.39, 0.29) is 96.0 Å². The predicted molar refractivity (Wildman–Crippen MR) is 21.7 cm³/mol. The van der Waals surface area contributed by atoms with Gasteiger partial charge in [-0.05, 0) is 0 Å². The predicted octanol–water partition coefficient (Wildman–Crippen LogP) is -0.695. The van der Waals surface area contributed by atoms with E-state index in [9.17, 15) is 0 Å². The van der Waals surface area contributed by atoms with E-state index in [0.29, 0.717) is 0 Å². The number of hydrogen-bond acceptors (Lipinski definition) is 0. The summed E-state index contributed by atoms with van der Waals surface area (Å²) in [7, 11) is 0. The summed E-state index contributed by atoms with van der Waals surface area (Å²) < 4.78 is 0. The van der Waals surface area contributed by atoms with Crippen LogP contribution in [0.2, 0.25) is 0 Å². The van der Waals surface area contributed by atoms with Crippen LogP contribution in [-0.2, 0) is 21.1 Å². The molecule has 0 heterocycles. The van der Waals surface area contributed by atoms with Gasteiger partial charge in [-0.25, -0.2) is 0 Å². The van der Waals surface area contributed by atoms with E-state index < -0.39 is 0 Å². The number of rotatable bonds is 0. The van der Waals surface area contributed by atoms with Crippen LogP contribution in [-0.4, -0.2) is 69.2 Å². The van der Waals surface area contributed by atoms with Crippen LogP contribution < -0.4 is 0 Å². The molecule has 0 aliphatic heterocycles. The van der Waals surface area contributed by atoms with Crippen molar-refractivity contribution in [1.82, 2.24) is 0 Å². The minimum atomic E-state index is 0. The van der Waals surface area contributed by atoms with E-state index in [1.807, 2.05) is 0 Å². The molecule has 0 unspecified atom stereocenters. The second-order valence-corrected chi connectivity index (χ2v) is 0. The first-order valence-corrected chi connectivity index (χ1v) is 0. The Kier molecular flexibility index (Phi) is 125. The molecule has 0 saturated heterocycles. The van der Waals surface area contributed by atoms with Gasteiger partial charge < -0.3 is 5.71 Å². The van der Waals surface area contributed by atoms with E-state index in [1.165, 1.54) is 0 Å². The molecule has 0 aromatic rings. The van der Waals surface area contributed by atoms with E-state index >= 15 is 0 Å². The SMILES string of the molecule is [B].[Ca+2].[H-].[H-].[H-].[H-].[Mg+2].[Mo]. The second kappa shape index (κ2) is 17.1. The summed E-state index contributed by atoms with van der Waals surface area (Å²) in [5.41, 5.74) is 0. The van der Waals surface area contributed by atoms with Gasteiger partial charge in [0.1, 0.15) is 0 Å². The van der Waals surface area contributed by atoms with Crippen molar-refractivity contribution in [3.8, 4) is 0 Å². The summed E-state index contributed by atoms with van der Waals surface area (Å²) >= 11 is 0. The molecule has 0 atom stereocenters. The van der Waals surface area contributed by atoms with Crippen LogP contribution in [0.5, 0.6) is 0 Å². The van der Waals surface area contributed by atoms with Gasteiger partial charge in [0, 0.05) is 29.5 Å². The molecule has 0 aromatic heterocycles. The Morgan fingerprint density at radius 3 is 1.25 bits per heavy atom. The zero-order chi connectivity index (χ0) is 0. The van der Waals surface area contributed by atoms with Gasteiger partial charge in [-0.1, -0.05) is 0 Å². The second-order valence-electron chi connectivity index (χ2n) is 0. The van der Waals surface area contributed by atoms with Crippen LogP contribution in [0, 0.1) is 0 Å². The first-order valence-electron chi connectivity index (χ1n) is 0. The molecule has 0 bridgehead atoms. The normalized spacial score (nSPS) is 0. The molecule has 0 aromatic carbocycles. The van der Waals surface area contributed by atoms with Crippen LogP contribution in [0.4, 0.5) is 0 Å². The Morgan fingerprint density at radius 1 is 1.25 bits per heavy atom. The zero-order valence-electron chi connectivity index (χ0n) is 6.40. The molecule has 0 spiro atoms. The zero-order valence-corrected chi connectivity index (χ0v) is 8.03. The maximum absolute atomic E-state index is 0. The van der Waals surface area contributed by atoms with Gasteiger partial charge in [0.05, 0.1) is 0 Å². The van der Waals surface area contributed by atoms with E-state index in [1.54, 1.807) is 0 Å². The molecule has 0 aliphatic carbocycles. The summed E-state index contributed by atoms with van der Waals surface area (Å²) in [6.45, 7) is 0. The van der Waals surface area contributed by atoms with Gasteiger partial charge in [-0.15, -0.1) is 0 Å². The van der Waals surface area contributed by atoms with Gasteiger partial charge in [0.25, 0.3) is 0 Å². The van der Waals surface area contributed by atoms with Crippen LogP contribution in [0.15, 0.2) is 0 Å². The van der Waals surface area contributed by atoms with Crippen LogP contribution in [0.1, 0.15) is 5.71 Å². The third-order valence-corrected chi connectivity index (χ3v) is 0. The molecule has 0 saturated carbocycles. The molecule has 0 rings (SSSR count). The maximum Gasteiger partial charge on any atom is 2.00 e. The first-order chi connectivity index (χ1) is 0. The number of hydrogen-bond donors (Lipinski definition) is 0. The van der Waals surface area contributed by atoms with Gasteiger partial charge in [0.15, 0.2) is 0 Å². The Bertz CT molecular complexity index is 16.0. The van der Waals surface area contributed by atoms with Crippen molar-refractivity contribution in [1.29, 1.82) is 0 Å². The van der Waals surface area contributed by atoms with Crippen molar-refractivity contribution >= 4 is 69.2 Å². The van der Waals surface area contributed by atoms with Crippen molar-refractivity contribution in [2.24, 2.45) is 0 Å². The molecule has 0 N–H and O–H groups in total. The Labute approximate surface area is 94.4 Å². The maximum atomic E-state index is 0. The average Bonchev–Trinajstić information content (AvgIpc) is 0. The van der Waals surface area contributed by atoms with Gasteiger partial charge >= 0.3 is 60.8 Å². The molecule has 4 heavy (non-hydrogen) atoms. The quantitative estimate of drug-likeness (QED) is 0.427. The molecule has 0 fully saturated rings. The van der Waals surface area contributed by atoms with Crippen molar-refractivity contribution < 1.29 is 26.8 Å². The average molecular weight is 175 g/mol. The molecular formula is H4BCaMgMo. The van der Waals surface area contributed by atoms with E-state index in [4.69, 9.17) is 0 Å². The Morgan fingerprint density at radius 2 is 1.25 bits per heavy atom. The minimum Gasteiger partial charge on any atom is -1.00 e. The molecule has 0 nitrogen and oxygen atoms in total. The Hall–Kier alpha value is 2.78. The van der Waals surface area contributed by atoms with Crippen LogP contribution in [0.25, 0.3) is 0 Å². The van der Waals surface area contributed by atoms with Crippen LogP contribution >= 0.6 is 0 Å². The van der Waals surface area contributed by atoms with Gasteiger partial charge in [-0.3, -0.25) is 0 Å². The third-order valence-electron chi connectivity index (χ3n) is 0. The third kappa shape index (κ3) is 8.84. The smallest absolute Gasteiger partial charge is 1.00 e. The topological polar surface area (TPSA) is 0 Å². The summed E-state index contributed by atoms with van der Waals surface area (Å²) in [6.07, 6.45) is 0. The van der Waals surface area contributed by atoms with Crippen LogP contribution in [0.3, 0.4) is 0 Å². The largest absolute Gasteiger partial charge is 2.00 e. The van der Waals surface area contributed by atoms with Crippen molar-refractivity contribution in [2.75, 3.05) is 0 Å². The summed E-state index contributed by atoms with van der Waals surface area (Å²) in [4.78, 5) is 0. The summed E-state index contributed by atoms with van der Waals surface area (Å²) in [5, 5.41) is 0. The fourth-order valence-corrected chi connectivity index (χ4v) is 0. The standard InChI is InChI=1S/B.Ca.Mg.Mo.4H/q;2*+2;;4*-1. The van der Waals surface area contributed by atoms with Crippen molar-refractivity contribution in [3.63, 3.8) is 0 Å². The molecular weight excluding hydrogens is 171 g/mol. The van der Waals surface area contributed by atoms with Crippen molar-refractivity contribution in [3.05, 3.63) is 0 Å². The minimum absolute atomic E-state index is 0. The van der Waals surface area contributed by atoms with Gasteiger partial charge in [0.2, 0.25) is 0 Å². The monoisotopic (exact) mass is 177 g/mol.